The zero-order valence-electron chi connectivity index (χ0n) is 12.6. The third kappa shape index (κ3) is 2.48. The Morgan fingerprint density at radius 2 is 1.73 bits per heavy atom. The molecule has 0 unspecified atom stereocenters. The van der Waals surface area contributed by atoms with Gasteiger partial charge < -0.3 is 9.31 Å². The molecule has 0 atom stereocenters. The Kier molecular flexibility index (Phi) is 4.03. The average Bonchev–Trinajstić information content (AvgIpc) is 2.84. The van der Waals surface area contributed by atoms with Gasteiger partial charge in [0.15, 0.2) is 5.82 Å². The quantitative estimate of drug-likeness (QED) is 0.523. The van der Waals surface area contributed by atoms with Crippen LogP contribution in [-0.4, -0.2) is 22.3 Å². The molecule has 1 fully saturated rings. The summed E-state index contributed by atoms with van der Waals surface area (Å²) in [4.78, 5) is 0. The van der Waals surface area contributed by atoms with Crippen LogP contribution in [0.25, 0.3) is 10.9 Å². The molecular weight excluding hydrogens is 422 g/mol. The number of rotatable bonds is 2. The van der Waals surface area contributed by atoms with Crippen molar-refractivity contribution in [3.8, 4) is 0 Å². The van der Waals surface area contributed by atoms with Crippen LogP contribution in [-0.2, 0) is 9.31 Å². The Hall–Kier alpha value is -0.315. The summed E-state index contributed by atoms with van der Waals surface area (Å²) in [5.41, 5.74) is -0.0353. The minimum Gasteiger partial charge on any atom is -0.399 e. The highest BCUT2D eigenvalue weighted by Gasteiger charge is 2.52. The van der Waals surface area contributed by atoms with Crippen LogP contribution in [0.15, 0.2) is 18.3 Å². The maximum atomic E-state index is 14.1. The number of hydrogen-bond acceptors (Lipinski definition) is 3. The normalized spacial score (nSPS) is 20.0. The van der Waals surface area contributed by atoms with Gasteiger partial charge in [-0.05, 0) is 33.8 Å². The standard InChI is InChI=1S/C14H15BF2INO2S/c1-13(2)14(3,4)21-15(20-13)10-7-19(22-18)12-9(10)5-8(16)6-11(12)17/h5-7H,1-4H3. The van der Waals surface area contributed by atoms with Crippen molar-refractivity contribution < 1.29 is 18.1 Å². The molecule has 0 amide bonds. The predicted molar refractivity (Wildman–Crippen MR) is 94.6 cm³/mol. The van der Waals surface area contributed by atoms with E-state index in [4.69, 9.17) is 9.31 Å². The largest absolute Gasteiger partial charge is 0.497 e. The van der Waals surface area contributed by atoms with E-state index in [0.29, 0.717) is 16.4 Å². The lowest BCUT2D eigenvalue weighted by Crippen LogP contribution is -2.41. The minimum atomic E-state index is -0.654. The van der Waals surface area contributed by atoms with Crippen LogP contribution in [0, 0.1) is 11.6 Å². The molecule has 1 aliphatic heterocycles. The summed E-state index contributed by atoms with van der Waals surface area (Å²) in [5.74, 6) is -1.21. The Morgan fingerprint density at radius 3 is 2.27 bits per heavy atom. The van der Waals surface area contributed by atoms with Gasteiger partial charge in [-0.3, -0.25) is 3.97 Å². The van der Waals surface area contributed by atoms with Crippen LogP contribution in [0.1, 0.15) is 27.7 Å². The topological polar surface area (TPSA) is 23.4 Å². The highest BCUT2D eigenvalue weighted by molar-refractivity contribution is 14.2. The number of fused-ring (bicyclic) bond motifs is 1. The first-order valence-corrected chi connectivity index (χ1v) is 10.1. The summed E-state index contributed by atoms with van der Waals surface area (Å²) in [7, 11) is 0.657. The fraction of sp³-hybridized carbons (Fsp3) is 0.429. The Labute approximate surface area is 144 Å². The number of nitrogens with zero attached hydrogens (tertiary/aromatic N) is 1. The second-order valence-corrected chi connectivity index (χ2v) is 8.06. The zero-order valence-corrected chi connectivity index (χ0v) is 15.6. The van der Waals surface area contributed by atoms with E-state index in [0.717, 1.165) is 6.07 Å². The molecule has 0 radical (unpaired) electrons. The third-order valence-electron chi connectivity index (χ3n) is 4.40. The lowest BCUT2D eigenvalue weighted by Gasteiger charge is -2.32. The number of halogens is 3. The van der Waals surface area contributed by atoms with Crippen LogP contribution in [0.4, 0.5) is 8.78 Å². The first-order chi connectivity index (χ1) is 10.2. The molecular formula is C14H15BF2INO2S. The Bertz CT molecular complexity index is 734. The molecule has 0 aliphatic carbocycles. The van der Waals surface area contributed by atoms with Gasteiger partial charge in [-0.2, -0.15) is 0 Å². The summed E-state index contributed by atoms with van der Waals surface area (Å²) in [5, 5.41) is 0.472. The first-order valence-electron chi connectivity index (χ1n) is 6.81. The van der Waals surface area contributed by atoms with Crippen molar-refractivity contribution in [2.24, 2.45) is 0 Å². The van der Waals surface area contributed by atoms with Gasteiger partial charge in [-0.25, -0.2) is 8.78 Å². The monoisotopic (exact) mass is 437 g/mol. The van der Waals surface area contributed by atoms with Gasteiger partial charge in [0.2, 0.25) is 0 Å². The van der Waals surface area contributed by atoms with Crippen molar-refractivity contribution in [1.82, 2.24) is 3.97 Å². The number of hydrogen-bond donors (Lipinski definition) is 0. The van der Waals surface area contributed by atoms with Crippen molar-refractivity contribution in [2.45, 2.75) is 38.9 Å². The summed E-state index contributed by atoms with van der Waals surface area (Å²) in [6.45, 7) is 7.78. The average molecular weight is 437 g/mol. The second kappa shape index (κ2) is 5.36. The molecule has 118 valence electrons. The van der Waals surface area contributed by atoms with E-state index in [2.05, 4.69) is 21.2 Å². The van der Waals surface area contributed by atoms with Gasteiger partial charge in [0.25, 0.3) is 0 Å². The van der Waals surface area contributed by atoms with Crippen molar-refractivity contribution in [3.05, 3.63) is 30.0 Å². The van der Waals surface area contributed by atoms with Gasteiger partial charge in [0, 0.05) is 53.4 Å². The molecule has 0 bridgehead atoms. The second-order valence-electron chi connectivity index (χ2n) is 6.35. The van der Waals surface area contributed by atoms with E-state index in [9.17, 15) is 8.78 Å². The summed E-state index contributed by atoms with van der Waals surface area (Å²) < 4.78 is 41.4. The fourth-order valence-corrected chi connectivity index (χ4v) is 3.82. The maximum absolute atomic E-state index is 14.1. The number of benzene rings is 1. The molecule has 3 rings (SSSR count). The minimum absolute atomic E-state index is 0.338. The molecule has 1 aromatic heterocycles. The number of aromatic nitrogens is 1. The summed E-state index contributed by atoms with van der Waals surface area (Å²) in [6.07, 6.45) is 1.74. The Balaban J connectivity index is 2.17. The summed E-state index contributed by atoms with van der Waals surface area (Å²) >= 11 is 2.05. The lowest BCUT2D eigenvalue weighted by atomic mass is 9.79. The maximum Gasteiger partial charge on any atom is 0.497 e. The van der Waals surface area contributed by atoms with E-state index in [1.54, 1.807) is 10.2 Å². The van der Waals surface area contributed by atoms with Crippen molar-refractivity contribution in [3.63, 3.8) is 0 Å². The van der Waals surface area contributed by atoms with Gasteiger partial charge in [-0.15, -0.1) is 0 Å². The van der Waals surface area contributed by atoms with Crippen LogP contribution in [0.2, 0.25) is 0 Å². The summed E-state index contributed by atoms with van der Waals surface area (Å²) in [6, 6.07) is 2.21. The SMILES string of the molecule is CC1(C)OB(c2cn(SI)c3c(F)cc(F)cc23)OC1(C)C. The molecule has 22 heavy (non-hydrogen) atoms. The molecule has 0 spiro atoms. The Morgan fingerprint density at radius 1 is 1.14 bits per heavy atom. The molecule has 0 saturated carbocycles. The zero-order chi connectivity index (χ0) is 16.3. The highest BCUT2D eigenvalue weighted by atomic mass is 127. The van der Waals surface area contributed by atoms with Gasteiger partial charge in [0.1, 0.15) is 5.82 Å². The predicted octanol–water partition coefficient (Wildman–Crippen LogP) is 4.07. The molecule has 1 aliphatic rings. The molecule has 3 nitrogen and oxygen atoms in total. The van der Waals surface area contributed by atoms with E-state index < -0.39 is 30.0 Å². The van der Waals surface area contributed by atoms with Gasteiger partial charge in [-0.1, -0.05) is 0 Å². The van der Waals surface area contributed by atoms with E-state index in [-0.39, 0.29) is 0 Å². The molecule has 8 heteroatoms. The molecule has 1 saturated heterocycles. The van der Waals surface area contributed by atoms with Crippen molar-refractivity contribution >= 4 is 53.8 Å². The van der Waals surface area contributed by atoms with E-state index >= 15 is 0 Å². The van der Waals surface area contributed by atoms with Crippen LogP contribution in [0.3, 0.4) is 0 Å². The molecule has 2 heterocycles. The van der Waals surface area contributed by atoms with Crippen molar-refractivity contribution in [2.75, 3.05) is 0 Å². The van der Waals surface area contributed by atoms with Crippen LogP contribution < -0.4 is 5.46 Å². The highest BCUT2D eigenvalue weighted by Crippen LogP contribution is 2.38. The fourth-order valence-electron chi connectivity index (χ4n) is 2.48. The molecule has 0 N–H and O–H groups in total. The van der Waals surface area contributed by atoms with E-state index in [1.165, 1.54) is 15.2 Å². The smallest absolute Gasteiger partial charge is 0.399 e. The first kappa shape index (κ1) is 16.5. The van der Waals surface area contributed by atoms with Crippen LogP contribution >= 0.6 is 30.3 Å². The van der Waals surface area contributed by atoms with Crippen LogP contribution in [0.5, 0.6) is 0 Å². The molecule has 1 aromatic carbocycles. The van der Waals surface area contributed by atoms with E-state index in [1.807, 2.05) is 27.7 Å². The van der Waals surface area contributed by atoms with Gasteiger partial charge >= 0.3 is 7.12 Å². The van der Waals surface area contributed by atoms with Gasteiger partial charge in [0.05, 0.1) is 16.7 Å². The third-order valence-corrected chi connectivity index (χ3v) is 6.11. The van der Waals surface area contributed by atoms with Crippen molar-refractivity contribution in [1.29, 1.82) is 0 Å². The molecule has 2 aromatic rings. The lowest BCUT2D eigenvalue weighted by molar-refractivity contribution is 0.00578.